The Morgan fingerprint density at radius 1 is 0.818 bits per heavy atom. The number of hydrogen-bond acceptors (Lipinski definition) is 2. The van der Waals surface area contributed by atoms with Gasteiger partial charge in [0.05, 0.1) is 19.9 Å². The standard InChI is InChI=1S/C19H26O2Si/c1-21-18(16-13-9-6-10-14-16)17(19(20)22(2,3)4)15-11-7-5-8-12-15/h5-14,17-20H,1-4H3/t17-,18-,19+/m0/s1. The summed E-state index contributed by atoms with van der Waals surface area (Å²) in [6.07, 6.45) is -0.148. The van der Waals surface area contributed by atoms with Crippen molar-refractivity contribution in [1.29, 1.82) is 0 Å². The van der Waals surface area contributed by atoms with Crippen LogP contribution in [-0.4, -0.2) is 26.0 Å². The molecule has 0 radical (unpaired) electrons. The highest BCUT2D eigenvalue weighted by Gasteiger charge is 2.38. The number of hydrogen-bond donors (Lipinski definition) is 1. The van der Waals surface area contributed by atoms with E-state index in [4.69, 9.17) is 4.74 Å². The molecule has 0 aromatic heterocycles. The van der Waals surface area contributed by atoms with Crippen molar-refractivity contribution in [1.82, 2.24) is 0 Å². The summed E-state index contributed by atoms with van der Waals surface area (Å²) in [6, 6.07) is 20.4. The molecule has 0 saturated heterocycles. The Hall–Kier alpha value is -1.42. The Balaban J connectivity index is 2.47. The van der Waals surface area contributed by atoms with Gasteiger partial charge < -0.3 is 9.84 Å². The third kappa shape index (κ3) is 3.86. The first kappa shape index (κ1) is 16.9. The summed E-state index contributed by atoms with van der Waals surface area (Å²) in [4.78, 5) is 0. The number of aliphatic hydroxyl groups excluding tert-OH is 1. The second kappa shape index (κ2) is 7.23. The molecule has 1 N–H and O–H groups in total. The fourth-order valence-electron chi connectivity index (χ4n) is 2.87. The third-order valence-corrected chi connectivity index (χ3v) is 6.25. The highest BCUT2D eigenvalue weighted by molar-refractivity contribution is 6.77. The van der Waals surface area contributed by atoms with E-state index in [9.17, 15) is 5.11 Å². The lowest BCUT2D eigenvalue weighted by Gasteiger charge is -2.36. The average molecular weight is 315 g/mol. The van der Waals surface area contributed by atoms with Crippen LogP contribution in [0.1, 0.15) is 23.1 Å². The Bertz CT molecular complexity index is 563. The molecule has 118 valence electrons. The van der Waals surface area contributed by atoms with Gasteiger partial charge in [-0.15, -0.1) is 0 Å². The molecule has 0 aliphatic rings. The van der Waals surface area contributed by atoms with Crippen LogP contribution < -0.4 is 0 Å². The van der Waals surface area contributed by atoms with Crippen molar-refractivity contribution in [2.24, 2.45) is 0 Å². The summed E-state index contributed by atoms with van der Waals surface area (Å²) < 4.78 is 5.83. The predicted molar refractivity (Wildman–Crippen MR) is 94.7 cm³/mol. The van der Waals surface area contributed by atoms with Crippen LogP contribution in [0.4, 0.5) is 0 Å². The van der Waals surface area contributed by atoms with Crippen molar-refractivity contribution in [2.75, 3.05) is 7.11 Å². The normalized spacial score (nSPS) is 16.0. The minimum Gasteiger partial charge on any atom is -0.396 e. The predicted octanol–water partition coefficient (Wildman–Crippen LogP) is 4.40. The van der Waals surface area contributed by atoms with E-state index in [-0.39, 0.29) is 17.7 Å². The van der Waals surface area contributed by atoms with Gasteiger partial charge in [0.25, 0.3) is 0 Å². The van der Waals surface area contributed by atoms with Crippen molar-refractivity contribution >= 4 is 8.07 Å². The Labute approximate surface area is 134 Å². The SMILES string of the molecule is CO[C@@H](c1ccccc1)[C@H](c1ccccc1)[C@H](O)[Si](C)(C)C. The molecule has 2 aromatic rings. The fraction of sp³-hybridized carbons (Fsp3) is 0.368. The van der Waals surface area contributed by atoms with E-state index in [1.165, 1.54) is 0 Å². The van der Waals surface area contributed by atoms with Crippen LogP contribution in [0.2, 0.25) is 19.6 Å². The largest absolute Gasteiger partial charge is 0.396 e. The van der Waals surface area contributed by atoms with E-state index >= 15 is 0 Å². The number of aliphatic hydroxyl groups is 1. The lowest BCUT2D eigenvalue weighted by molar-refractivity contribution is 0.0425. The van der Waals surface area contributed by atoms with E-state index < -0.39 is 8.07 Å². The van der Waals surface area contributed by atoms with Gasteiger partial charge in [0, 0.05) is 13.0 Å². The van der Waals surface area contributed by atoms with Crippen LogP contribution in [0.3, 0.4) is 0 Å². The number of benzene rings is 2. The molecule has 3 heteroatoms. The molecular formula is C19H26O2Si. The highest BCUT2D eigenvalue weighted by atomic mass is 28.3. The summed E-state index contributed by atoms with van der Waals surface area (Å²) in [6.45, 7) is 6.60. The van der Waals surface area contributed by atoms with Crippen molar-refractivity contribution in [3.05, 3.63) is 71.8 Å². The molecule has 22 heavy (non-hydrogen) atoms. The third-order valence-electron chi connectivity index (χ3n) is 4.12. The summed E-state index contributed by atoms with van der Waals surface area (Å²) in [7, 11) is -0.0161. The van der Waals surface area contributed by atoms with Gasteiger partial charge in [-0.05, 0) is 11.1 Å². The van der Waals surface area contributed by atoms with Crippen LogP contribution in [-0.2, 0) is 4.74 Å². The van der Waals surface area contributed by atoms with Gasteiger partial charge in [-0.1, -0.05) is 80.3 Å². The first-order chi connectivity index (χ1) is 10.4. The van der Waals surface area contributed by atoms with Crippen molar-refractivity contribution < 1.29 is 9.84 Å². The quantitative estimate of drug-likeness (QED) is 0.801. The topological polar surface area (TPSA) is 29.5 Å². The summed E-state index contributed by atoms with van der Waals surface area (Å²) in [5.41, 5.74) is 1.87. The van der Waals surface area contributed by atoms with E-state index in [1.807, 2.05) is 36.4 Å². The monoisotopic (exact) mass is 314 g/mol. The summed E-state index contributed by atoms with van der Waals surface area (Å²) in [5.74, 6) is -0.0553. The molecule has 0 unspecified atom stereocenters. The first-order valence-corrected chi connectivity index (χ1v) is 11.3. The van der Waals surface area contributed by atoms with Crippen LogP contribution in [0.25, 0.3) is 0 Å². The minimum atomic E-state index is -1.74. The molecule has 3 atom stereocenters. The molecule has 0 amide bonds. The van der Waals surface area contributed by atoms with Crippen LogP contribution in [0.15, 0.2) is 60.7 Å². The highest BCUT2D eigenvalue weighted by Crippen LogP contribution is 2.39. The lowest BCUT2D eigenvalue weighted by Crippen LogP contribution is -2.44. The molecule has 0 heterocycles. The molecule has 0 bridgehead atoms. The molecule has 2 aromatic carbocycles. The number of rotatable bonds is 6. The van der Waals surface area contributed by atoms with Gasteiger partial charge >= 0.3 is 0 Å². The average Bonchev–Trinajstić information content (AvgIpc) is 2.52. The number of ether oxygens (including phenoxy) is 1. The summed E-state index contributed by atoms with van der Waals surface area (Å²) >= 11 is 0. The van der Waals surface area contributed by atoms with Crippen LogP contribution >= 0.6 is 0 Å². The van der Waals surface area contributed by atoms with Crippen LogP contribution in [0, 0.1) is 0 Å². The van der Waals surface area contributed by atoms with Gasteiger partial charge in [-0.25, -0.2) is 0 Å². The Morgan fingerprint density at radius 3 is 1.68 bits per heavy atom. The van der Waals surface area contributed by atoms with E-state index in [2.05, 4.69) is 43.9 Å². The van der Waals surface area contributed by atoms with E-state index in [0.717, 1.165) is 11.1 Å². The molecular weight excluding hydrogens is 288 g/mol. The zero-order chi connectivity index (χ0) is 16.2. The summed E-state index contributed by atoms with van der Waals surface area (Å²) in [5, 5.41) is 11.0. The maximum absolute atomic E-state index is 11.0. The van der Waals surface area contributed by atoms with Gasteiger partial charge in [0.15, 0.2) is 0 Å². The molecule has 2 rings (SSSR count). The maximum atomic E-state index is 11.0. The lowest BCUT2D eigenvalue weighted by atomic mass is 9.89. The van der Waals surface area contributed by atoms with Gasteiger partial charge in [-0.3, -0.25) is 0 Å². The van der Waals surface area contributed by atoms with Gasteiger partial charge in [-0.2, -0.15) is 0 Å². The van der Waals surface area contributed by atoms with E-state index in [0.29, 0.717) is 0 Å². The zero-order valence-corrected chi connectivity index (χ0v) is 14.9. The molecule has 2 nitrogen and oxygen atoms in total. The molecule has 0 spiro atoms. The molecule has 0 aliphatic carbocycles. The maximum Gasteiger partial charge on any atom is 0.0911 e. The second-order valence-corrected chi connectivity index (χ2v) is 12.1. The minimum absolute atomic E-state index is 0.0553. The fourth-order valence-corrected chi connectivity index (χ4v) is 4.31. The Morgan fingerprint density at radius 2 is 1.27 bits per heavy atom. The first-order valence-electron chi connectivity index (χ1n) is 7.76. The number of methoxy groups -OCH3 is 1. The zero-order valence-electron chi connectivity index (χ0n) is 13.9. The van der Waals surface area contributed by atoms with E-state index in [1.54, 1.807) is 7.11 Å². The smallest absolute Gasteiger partial charge is 0.0911 e. The molecule has 0 aliphatic heterocycles. The van der Waals surface area contributed by atoms with Gasteiger partial charge in [0.2, 0.25) is 0 Å². The van der Waals surface area contributed by atoms with Crippen LogP contribution in [0.5, 0.6) is 0 Å². The molecule has 0 saturated carbocycles. The van der Waals surface area contributed by atoms with Crippen molar-refractivity contribution in [2.45, 2.75) is 37.4 Å². The van der Waals surface area contributed by atoms with Crippen molar-refractivity contribution in [3.63, 3.8) is 0 Å². The molecule has 0 fully saturated rings. The second-order valence-electron chi connectivity index (χ2n) is 6.81. The van der Waals surface area contributed by atoms with Gasteiger partial charge in [0.1, 0.15) is 0 Å². The Kier molecular flexibility index (Phi) is 5.56. The van der Waals surface area contributed by atoms with Crippen molar-refractivity contribution in [3.8, 4) is 0 Å².